The number of hydrogen-bond donors (Lipinski definition) is 0. The minimum absolute atomic E-state index is 0.0208. The number of non-ortho nitro benzene ring substituents is 1. The molecule has 47 heavy (non-hydrogen) atoms. The SMILES string of the molecule is CCOc1cc(C2C3=C(CC(C)(C)CC3=O)N(C3CCCCC3)C3=C2C(=O)CC(C)(C)C3)cc(Br)c1OCc1ccc([N+](=O)[O-])cc1. The lowest BCUT2D eigenvalue weighted by atomic mass is 9.63. The molecule has 1 fully saturated rings. The minimum atomic E-state index is -0.480. The second-order valence-electron chi connectivity index (χ2n) is 15.2. The molecule has 0 N–H and O–H groups in total. The lowest BCUT2D eigenvalue weighted by molar-refractivity contribution is -0.384. The number of halogens is 1. The summed E-state index contributed by atoms with van der Waals surface area (Å²) in [6, 6.07) is 10.5. The number of nitro benzene ring substituents is 1. The summed E-state index contributed by atoms with van der Waals surface area (Å²) in [5, 5.41) is 11.1. The van der Waals surface area contributed by atoms with Crippen LogP contribution < -0.4 is 9.47 Å². The van der Waals surface area contributed by atoms with Crippen molar-refractivity contribution in [3.05, 3.63) is 84.7 Å². The van der Waals surface area contributed by atoms with Crippen molar-refractivity contribution in [3.63, 3.8) is 0 Å². The van der Waals surface area contributed by atoms with Crippen LogP contribution in [0.5, 0.6) is 11.5 Å². The fourth-order valence-corrected chi connectivity index (χ4v) is 8.71. The van der Waals surface area contributed by atoms with Gasteiger partial charge in [0.05, 0.1) is 16.0 Å². The van der Waals surface area contributed by atoms with E-state index in [1.807, 2.05) is 19.1 Å². The zero-order chi connectivity index (χ0) is 33.7. The second-order valence-corrected chi connectivity index (χ2v) is 16.0. The lowest BCUT2D eigenvalue weighted by Gasteiger charge is -2.52. The van der Waals surface area contributed by atoms with E-state index in [0.29, 0.717) is 41.5 Å². The van der Waals surface area contributed by atoms with Crippen LogP contribution in [0.2, 0.25) is 0 Å². The Balaban J connectivity index is 1.47. The van der Waals surface area contributed by atoms with E-state index in [1.54, 1.807) is 12.1 Å². The number of carbonyl (C=O) groups excluding carboxylic acids is 2. The number of hydrogen-bond acceptors (Lipinski definition) is 7. The molecule has 0 radical (unpaired) electrons. The summed E-state index contributed by atoms with van der Waals surface area (Å²) in [7, 11) is 0. The average Bonchev–Trinajstić information content (AvgIpc) is 2.99. The Morgan fingerprint density at radius 2 is 1.45 bits per heavy atom. The highest BCUT2D eigenvalue weighted by Crippen LogP contribution is 2.56. The molecular formula is C38H45BrN2O6. The van der Waals surface area contributed by atoms with Gasteiger partial charge in [-0.3, -0.25) is 19.7 Å². The van der Waals surface area contributed by atoms with E-state index in [1.165, 1.54) is 18.6 Å². The molecule has 0 unspecified atom stereocenters. The van der Waals surface area contributed by atoms with Crippen molar-refractivity contribution in [1.29, 1.82) is 0 Å². The molecule has 0 saturated heterocycles. The van der Waals surface area contributed by atoms with Gasteiger partial charge in [0.15, 0.2) is 23.1 Å². The Kier molecular flexibility index (Phi) is 9.15. The number of allylic oxidation sites excluding steroid dienone is 4. The Hall–Kier alpha value is -3.46. The van der Waals surface area contributed by atoms with Crippen molar-refractivity contribution >= 4 is 33.2 Å². The highest BCUT2D eigenvalue weighted by Gasteiger charge is 2.50. The molecule has 0 spiro atoms. The Morgan fingerprint density at radius 1 is 0.872 bits per heavy atom. The van der Waals surface area contributed by atoms with Gasteiger partial charge in [0.1, 0.15) is 6.61 Å². The van der Waals surface area contributed by atoms with E-state index in [9.17, 15) is 19.7 Å². The van der Waals surface area contributed by atoms with Crippen LogP contribution in [-0.2, 0) is 16.2 Å². The molecule has 0 amide bonds. The van der Waals surface area contributed by atoms with Gasteiger partial charge < -0.3 is 14.4 Å². The predicted octanol–water partition coefficient (Wildman–Crippen LogP) is 9.35. The molecule has 1 aliphatic heterocycles. The normalized spacial score (nSPS) is 21.4. The molecule has 1 heterocycles. The zero-order valence-corrected chi connectivity index (χ0v) is 29.7. The number of ketones is 2. The molecule has 2 aromatic carbocycles. The van der Waals surface area contributed by atoms with Crippen molar-refractivity contribution in [2.75, 3.05) is 6.61 Å². The first-order valence-electron chi connectivity index (χ1n) is 16.9. The summed E-state index contributed by atoms with van der Waals surface area (Å²) < 4.78 is 13.0. The van der Waals surface area contributed by atoms with Crippen molar-refractivity contribution in [2.24, 2.45) is 10.8 Å². The minimum Gasteiger partial charge on any atom is -0.490 e. The fraction of sp³-hybridized carbons (Fsp3) is 0.526. The van der Waals surface area contributed by atoms with E-state index < -0.39 is 10.8 Å². The highest BCUT2D eigenvalue weighted by atomic mass is 79.9. The highest BCUT2D eigenvalue weighted by molar-refractivity contribution is 9.10. The van der Waals surface area contributed by atoms with Gasteiger partial charge in [0.25, 0.3) is 5.69 Å². The number of nitro groups is 1. The van der Waals surface area contributed by atoms with Crippen LogP contribution in [0.1, 0.15) is 109 Å². The molecule has 9 heteroatoms. The first-order valence-corrected chi connectivity index (χ1v) is 17.7. The van der Waals surface area contributed by atoms with E-state index in [2.05, 4.69) is 48.5 Å². The van der Waals surface area contributed by atoms with Gasteiger partial charge in [-0.15, -0.1) is 0 Å². The number of Topliss-reactive ketones (excluding diaryl/α,β-unsaturated/α-hetero) is 2. The molecule has 8 nitrogen and oxygen atoms in total. The van der Waals surface area contributed by atoms with E-state index in [-0.39, 0.29) is 34.7 Å². The van der Waals surface area contributed by atoms with Gasteiger partial charge >= 0.3 is 0 Å². The second kappa shape index (κ2) is 12.9. The predicted molar refractivity (Wildman–Crippen MR) is 184 cm³/mol. The smallest absolute Gasteiger partial charge is 0.269 e. The number of carbonyl (C=O) groups is 2. The molecule has 6 rings (SSSR count). The quantitative estimate of drug-likeness (QED) is 0.199. The molecule has 2 aromatic rings. The Morgan fingerprint density at radius 3 is 1.98 bits per heavy atom. The van der Waals surface area contributed by atoms with E-state index >= 15 is 0 Å². The van der Waals surface area contributed by atoms with E-state index in [0.717, 1.165) is 72.2 Å². The lowest BCUT2D eigenvalue weighted by Crippen LogP contribution is -2.48. The number of rotatable bonds is 8. The number of ether oxygens (including phenoxy) is 2. The van der Waals surface area contributed by atoms with Gasteiger partial charge in [-0.2, -0.15) is 0 Å². The van der Waals surface area contributed by atoms with Crippen LogP contribution in [-0.4, -0.2) is 34.0 Å². The zero-order valence-electron chi connectivity index (χ0n) is 28.1. The summed E-state index contributed by atoms with van der Waals surface area (Å²) in [5.74, 6) is 0.790. The van der Waals surface area contributed by atoms with Gasteiger partial charge in [-0.05, 0) is 94.8 Å². The summed E-state index contributed by atoms with van der Waals surface area (Å²) in [5.41, 5.74) is 5.06. The van der Waals surface area contributed by atoms with Crippen LogP contribution in [0.15, 0.2) is 63.4 Å². The maximum absolute atomic E-state index is 14.3. The van der Waals surface area contributed by atoms with Crippen LogP contribution in [0, 0.1) is 20.9 Å². The van der Waals surface area contributed by atoms with Crippen LogP contribution in [0.25, 0.3) is 0 Å². The Labute approximate surface area is 285 Å². The van der Waals surface area contributed by atoms with Gasteiger partial charge in [-0.25, -0.2) is 0 Å². The number of benzene rings is 2. The van der Waals surface area contributed by atoms with Crippen molar-refractivity contribution in [3.8, 4) is 11.5 Å². The molecular weight excluding hydrogens is 660 g/mol. The molecule has 4 aliphatic rings. The molecule has 250 valence electrons. The molecule has 0 atom stereocenters. The molecule has 0 aromatic heterocycles. The first kappa shape index (κ1) is 33.4. The standard InChI is InChI=1S/C38H45BrN2O6/c1-6-46-32-17-24(16-27(39)36(32)47-22-23-12-14-26(15-13-23)41(44)45)33-34-28(18-37(2,3)20-30(34)42)40(25-10-8-7-9-11-25)29-19-38(4,5)21-31(43)35(29)33/h12-17,25,33H,6-11,18-22H2,1-5H3. The Bertz CT molecular complexity index is 1610. The summed E-state index contributed by atoms with van der Waals surface area (Å²) in [6.45, 7) is 11.2. The van der Waals surface area contributed by atoms with Crippen molar-refractivity contribution in [1.82, 2.24) is 4.90 Å². The summed E-state index contributed by atoms with van der Waals surface area (Å²) in [6.07, 6.45) is 8.17. The van der Waals surface area contributed by atoms with Crippen LogP contribution in [0.4, 0.5) is 5.69 Å². The summed E-state index contributed by atoms with van der Waals surface area (Å²) >= 11 is 3.75. The first-order chi connectivity index (χ1) is 22.3. The number of nitrogens with zero attached hydrogens (tertiary/aromatic N) is 2. The molecule has 1 saturated carbocycles. The van der Waals surface area contributed by atoms with Crippen LogP contribution in [0.3, 0.4) is 0 Å². The largest absolute Gasteiger partial charge is 0.490 e. The molecule has 0 bridgehead atoms. The third-order valence-electron chi connectivity index (χ3n) is 10.1. The maximum Gasteiger partial charge on any atom is 0.269 e. The monoisotopic (exact) mass is 704 g/mol. The van der Waals surface area contributed by atoms with Gasteiger partial charge in [0.2, 0.25) is 0 Å². The summed E-state index contributed by atoms with van der Waals surface area (Å²) in [4.78, 5) is 41.8. The van der Waals surface area contributed by atoms with Crippen LogP contribution >= 0.6 is 15.9 Å². The third kappa shape index (κ3) is 6.65. The van der Waals surface area contributed by atoms with Gasteiger partial charge in [-0.1, -0.05) is 47.0 Å². The van der Waals surface area contributed by atoms with Crippen molar-refractivity contribution < 1.29 is 24.0 Å². The molecule has 3 aliphatic carbocycles. The van der Waals surface area contributed by atoms with Crippen molar-refractivity contribution in [2.45, 2.75) is 111 Å². The maximum atomic E-state index is 14.3. The van der Waals surface area contributed by atoms with E-state index in [4.69, 9.17) is 9.47 Å². The van der Waals surface area contributed by atoms with Gasteiger partial charge in [0, 0.05) is 59.5 Å². The fourth-order valence-electron chi connectivity index (χ4n) is 8.14. The average molecular weight is 706 g/mol. The third-order valence-corrected chi connectivity index (χ3v) is 10.7. The topological polar surface area (TPSA) is 99.0 Å².